The van der Waals surface area contributed by atoms with E-state index in [1.165, 1.54) is 14.1 Å². The molecule has 6 nitrogen and oxygen atoms in total. The van der Waals surface area contributed by atoms with E-state index < -0.39 is 17.4 Å². The van der Waals surface area contributed by atoms with Gasteiger partial charge >= 0.3 is 5.69 Å². The van der Waals surface area contributed by atoms with E-state index >= 15 is 0 Å². The average Bonchev–Trinajstić information content (AvgIpc) is 2.25. The highest BCUT2D eigenvalue weighted by Crippen LogP contribution is 2.19. The zero-order valence-corrected chi connectivity index (χ0v) is 8.11. The number of imidazole rings is 1. The molecule has 0 bridgehead atoms. The van der Waals surface area contributed by atoms with Crippen LogP contribution < -0.4 is 5.69 Å². The fourth-order valence-electron chi connectivity index (χ4n) is 0.706. The topological polar surface area (TPSA) is 76.6 Å². The number of aromatic hydroxyl groups is 2. The number of hydrogen-bond acceptors (Lipinski definition) is 4. The maximum Gasteiger partial charge on any atom is 0.333 e. The Morgan fingerprint density at radius 1 is 1.08 bits per heavy atom. The van der Waals surface area contributed by atoms with Crippen LogP contribution in [0.15, 0.2) is 4.79 Å². The van der Waals surface area contributed by atoms with Gasteiger partial charge < -0.3 is 14.9 Å². The van der Waals surface area contributed by atoms with Crippen molar-refractivity contribution in [2.45, 2.75) is 0 Å². The quantitative estimate of drug-likeness (QED) is 0.572. The van der Waals surface area contributed by atoms with Gasteiger partial charge in [-0.3, -0.25) is 9.13 Å². The largest absolute Gasteiger partial charge is 0.491 e. The van der Waals surface area contributed by atoms with Crippen molar-refractivity contribution in [2.75, 3.05) is 14.2 Å². The number of hydrogen-bond donors (Lipinski definition) is 2. The van der Waals surface area contributed by atoms with E-state index in [1.54, 1.807) is 14.2 Å². The zero-order valence-electron chi connectivity index (χ0n) is 8.11. The van der Waals surface area contributed by atoms with Gasteiger partial charge in [0.1, 0.15) is 0 Å². The minimum Gasteiger partial charge on any atom is -0.491 e. The lowest BCUT2D eigenvalue weighted by molar-refractivity contribution is 0.277. The molecule has 0 amide bonds. The van der Waals surface area contributed by atoms with Crippen LogP contribution >= 0.6 is 0 Å². The smallest absolute Gasteiger partial charge is 0.333 e. The molecule has 2 N–H and O–H groups in total. The highest BCUT2D eigenvalue weighted by Gasteiger charge is 2.11. The molecule has 1 heterocycles. The van der Waals surface area contributed by atoms with Crippen molar-refractivity contribution >= 4 is 0 Å². The first-order chi connectivity index (χ1) is 5.97. The minimum atomic E-state index is -0.449. The van der Waals surface area contributed by atoms with Crippen molar-refractivity contribution in [3.05, 3.63) is 10.5 Å². The minimum absolute atomic E-state index is 0.410. The van der Waals surface area contributed by atoms with Crippen molar-refractivity contribution in [3.63, 3.8) is 0 Å². The molecule has 0 unspecified atom stereocenters. The third-order valence-corrected chi connectivity index (χ3v) is 1.41. The van der Waals surface area contributed by atoms with Gasteiger partial charge in [-0.15, -0.1) is 0 Å². The summed E-state index contributed by atoms with van der Waals surface area (Å²) in [4.78, 5) is 10.8. The Hall–Kier alpha value is -1.43. The fourth-order valence-corrected chi connectivity index (χ4v) is 0.706. The molecule has 1 rings (SSSR count). The number of aromatic nitrogens is 2. The van der Waals surface area contributed by atoms with E-state index in [-0.39, 0.29) is 0 Å². The normalized spacial score (nSPS) is 9.23. The van der Waals surface area contributed by atoms with E-state index in [9.17, 15) is 4.79 Å². The van der Waals surface area contributed by atoms with Gasteiger partial charge in [-0.2, -0.15) is 0 Å². The van der Waals surface area contributed by atoms with Crippen molar-refractivity contribution < 1.29 is 14.9 Å². The molecular formula is C7H14N2O4. The summed E-state index contributed by atoms with van der Waals surface area (Å²) >= 11 is 0. The molecule has 0 radical (unpaired) electrons. The maximum atomic E-state index is 10.8. The van der Waals surface area contributed by atoms with Crippen molar-refractivity contribution in [3.8, 4) is 11.8 Å². The Bertz CT molecular complexity index is 297. The van der Waals surface area contributed by atoms with Crippen LogP contribution in [0.1, 0.15) is 0 Å². The van der Waals surface area contributed by atoms with Crippen molar-refractivity contribution in [1.82, 2.24) is 9.13 Å². The van der Waals surface area contributed by atoms with Crippen LogP contribution in [0.25, 0.3) is 0 Å². The van der Waals surface area contributed by atoms with E-state index in [2.05, 4.69) is 4.74 Å². The summed E-state index contributed by atoms with van der Waals surface area (Å²) in [5.41, 5.74) is -0.449. The Kier molecular flexibility index (Phi) is 4.06. The Balaban J connectivity index is 0.000000424. The monoisotopic (exact) mass is 190 g/mol. The summed E-state index contributed by atoms with van der Waals surface area (Å²) in [6.07, 6.45) is 0. The van der Waals surface area contributed by atoms with Crippen LogP contribution in [0, 0.1) is 0 Å². The highest BCUT2D eigenvalue weighted by molar-refractivity contribution is 5.24. The lowest BCUT2D eigenvalue weighted by Crippen LogP contribution is -2.19. The molecule has 6 heteroatoms. The van der Waals surface area contributed by atoms with Gasteiger partial charge in [0.15, 0.2) is 0 Å². The maximum absolute atomic E-state index is 10.8. The van der Waals surface area contributed by atoms with Crippen LogP contribution in [0.4, 0.5) is 0 Å². The second kappa shape index (κ2) is 4.56. The molecule has 76 valence electrons. The first-order valence-electron chi connectivity index (χ1n) is 3.51. The van der Waals surface area contributed by atoms with Gasteiger partial charge in [0.2, 0.25) is 0 Å². The third-order valence-electron chi connectivity index (χ3n) is 1.41. The standard InChI is InChI=1S/C5H8N2O3.C2H6O/c1-6-3(8)4(9)7(2)5(6)10;1-3-2/h8-9H,1-2H3;1-2H3. The van der Waals surface area contributed by atoms with Gasteiger partial charge in [-0.05, 0) is 0 Å². The summed E-state index contributed by atoms with van der Waals surface area (Å²) in [6.45, 7) is 0. The predicted molar refractivity (Wildman–Crippen MR) is 46.9 cm³/mol. The molecular weight excluding hydrogens is 176 g/mol. The van der Waals surface area contributed by atoms with Gasteiger partial charge in [-0.1, -0.05) is 0 Å². The lowest BCUT2D eigenvalue weighted by Gasteiger charge is -1.88. The van der Waals surface area contributed by atoms with Gasteiger partial charge in [0.05, 0.1) is 0 Å². The highest BCUT2D eigenvalue weighted by atomic mass is 16.4. The first-order valence-corrected chi connectivity index (χ1v) is 3.51. The molecule has 0 saturated heterocycles. The van der Waals surface area contributed by atoms with Crippen LogP contribution in [0.2, 0.25) is 0 Å². The summed E-state index contributed by atoms with van der Waals surface area (Å²) < 4.78 is 6.16. The van der Waals surface area contributed by atoms with Crippen molar-refractivity contribution in [1.29, 1.82) is 0 Å². The SMILES string of the molecule is COC.Cn1c(O)c(O)n(C)c1=O. The molecule has 0 aliphatic carbocycles. The second-order valence-electron chi connectivity index (χ2n) is 2.46. The van der Waals surface area contributed by atoms with E-state index in [0.29, 0.717) is 0 Å². The van der Waals surface area contributed by atoms with Gasteiger partial charge in [-0.25, -0.2) is 4.79 Å². The van der Waals surface area contributed by atoms with Crippen LogP contribution in [-0.2, 0) is 18.8 Å². The molecule has 0 aromatic carbocycles. The van der Waals surface area contributed by atoms with Crippen LogP contribution in [-0.4, -0.2) is 33.6 Å². The zero-order chi connectivity index (χ0) is 10.6. The molecule has 0 fully saturated rings. The summed E-state index contributed by atoms with van der Waals surface area (Å²) in [7, 11) is 5.99. The number of ether oxygens (including phenoxy) is 1. The van der Waals surface area contributed by atoms with E-state index in [0.717, 1.165) is 9.13 Å². The Morgan fingerprint density at radius 3 is 1.38 bits per heavy atom. The molecule has 0 aliphatic heterocycles. The number of nitrogens with zero attached hydrogens (tertiary/aromatic N) is 2. The molecule has 1 aromatic heterocycles. The molecule has 1 aromatic rings. The molecule has 0 aliphatic rings. The average molecular weight is 190 g/mol. The third kappa shape index (κ3) is 2.25. The number of rotatable bonds is 0. The summed E-state index contributed by atoms with van der Waals surface area (Å²) in [5.74, 6) is -0.819. The molecule has 0 saturated carbocycles. The molecule has 0 spiro atoms. The van der Waals surface area contributed by atoms with Crippen LogP contribution in [0.3, 0.4) is 0 Å². The van der Waals surface area contributed by atoms with E-state index in [1.807, 2.05) is 0 Å². The molecule has 0 atom stereocenters. The summed E-state index contributed by atoms with van der Waals surface area (Å²) in [6, 6.07) is 0. The fraction of sp³-hybridized carbons (Fsp3) is 0.571. The Labute approximate surface area is 75.6 Å². The number of methoxy groups -OCH3 is 1. The first kappa shape index (κ1) is 11.6. The lowest BCUT2D eigenvalue weighted by atomic mass is 10.7. The van der Waals surface area contributed by atoms with Crippen molar-refractivity contribution in [2.24, 2.45) is 14.1 Å². The van der Waals surface area contributed by atoms with Gasteiger partial charge in [0, 0.05) is 28.3 Å². The summed E-state index contributed by atoms with van der Waals surface area (Å²) in [5, 5.41) is 17.8. The Morgan fingerprint density at radius 2 is 1.31 bits per heavy atom. The second-order valence-corrected chi connectivity index (χ2v) is 2.46. The predicted octanol–water partition coefficient (Wildman–Crippen LogP) is -0.602. The van der Waals surface area contributed by atoms with Gasteiger partial charge in [0.25, 0.3) is 11.8 Å². The van der Waals surface area contributed by atoms with E-state index in [4.69, 9.17) is 10.2 Å². The molecule has 13 heavy (non-hydrogen) atoms. The van der Waals surface area contributed by atoms with Crippen LogP contribution in [0.5, 0.6) is 11.8 Å².